The molecule has 1 fully saturated rings. The topological polar surface area (TPSA) is 94.5 Å². The van der Waals surface area contributed by atoms with Crippen LogP contribution in [0.5, 0.6) is 11.6 Å². The van der Waals surface area contributed by atoms with Crippen LogP contribution in [0, 0.1) is 0 Å². The Labute approximate surface area is 188 Å². The van der Waals surface area contributed by atoms with E-state index in [0.29, 0.717) is 54.1 Å². The van der Waals surface area contributed by atoms with Crippen LogP contribution in [0.15, 0.2) is 30.6 Å². The number of carbonyl (C=O) groups excluding carboxylic acids is 1. The lowest BCUT2D eigenvalue weighted by Crippen LogP contribution is -2.42. The fourth-order valence-corrected chi connectivity index (χ4v) is 4.19. The fourth-order valence-electron chi connectivity index (χ4n) is 3.99. The Morgan fingerprint density at radius 2 is 2.06 bits per heavy atom. The van der Waals surface area contributed by atoms with Gasteiger partial charge in [-0.05, 0) is 12.1 Å². The standard InChI is InChI=1S/C22H22ClN5O4/c1-30-18-10-17-20(26-22(18)31-2)14(16-9-13-15(23)3-4-24-21(13)25-16)11-28(17)12-19(29)27-5-7-32-8-6-27/h3-4,9-11H,5-8,12H2,1-2H3,(H,24,25). The molecule has 1 aliphatic heterocycles. The van der Waals surface area contributed by atoms with E-state index in [1.165, 1.54) is 0 Å². The Morgan fingerprint density at radius 1 is 1.25 bits per heavy atom. The third kappa shape index (κ3) is 3.53. The number of morpholine rings is 1. The van der Waals surface area contributed by atoms with E-state index in [-0.39, 0.29) is 12.5 Å². The van der Waals surface area contributed by atoms with Gasteiger partial charge in [-0.15, -0.1) is 0 Å². The van der Waals surface area contributed by atoms with Crippen molar-refractivity contribution >= 4 is 39.6 Å². The second kappa shape index (κ2) is 8.33. The molecule has 0 atom stereocenters. The number of nitrogens with one attached hydrogen (secondary N) is 1. The number of rotatable bonds is 5. The van der Waals surface area contributed by atoms with Crippen LogP contribution in [0.4, 0.5) is 0 Å². The molecule has 0 bridgehead atoms. The lowest BCUT2D eigenvalue weighted by Gasteiger charge is -2.27. The Bertz CT molecular complexity index is 1310. The summed E-state index contributed by atoms with van der Waals surface area (Å²) in [5, 5.41) is 1.42. The smallest absolute Gasteiger partial charge is 0.257 e. The van der Waals surface area contributed by atoms with Crippen molar-refractivity contribution in [3.05, 3.63) is 35.6 Å². The minimum absolute atomic E-state index is 0.0212. The summed E-state index contributed by atoms with van der Waals surface area (Å²) in [4.78, 5) is 27.1. The zero-order chi connectivity index (χ0) is 22.2. The predicted octanol–water partition coefficient (Wildman–Crippen LogP) is 3.11. The first-order chi connectivity index (χ1) is 15.6. The summed E-state index contributed by atoms with van der Waals surface area (Å²) in [6, 6.07) is 5.52. The summed E-state index contributed by atoms with van der Waals surface area (Å²) in [6.07, 6.45) is 3.56. The first-order valence-electron chi connectivity index (χ1n) is 10.2. The summed E-state index contributed by atoms with van der Waals surface area (Å²) in [5.74, 6) is 0.879. The number of pyridine rings is 2. The Kier molecular flexibility index (Phi) is 5.36. The maximum Gasteiger partial charge on any atom is 0.257 e. The highest BCUT2D eigenvalue weighted by Gasteiger charge is 2.22. The Balaban J connectivity index is 1.64. The van der Waals surface area contributed by atoms with Gasteiger partial charge in [-0.25, -0.2) is 9.97 Å². The monoisotopic (exact) mass is 455 g/mol. The van der Waals surface area contributed by atoms with Crippen LogP contribution in [0.3, 0.4) is 0 Å². The molecule has 1 amide bonds. The molecule has 0 aliphatic carbocycles. The molecule has 0 unspecified atom stereocenters. The molecular weight excluding hydrogens is 434 g/mol. The van der Waals surface area contributed by atoms with Crippen LogP contribution in [-0.2, 0) is 16.1 Å². The van der Waals surface area contributed by atoms with Gasteiger partial charge in [0.1, 0.15) is 17.7 Å². The van der Waals surface area contributed by atoms with E-state index in [9.17, 15) is 4.79 Å². The van der Waals surface area contributed by atoms with E-state index in [1.54, 1.807) is 26.5 Å². The normalized spacial score (nSPS) is 14.3. The number of hydrogen-bond acceptors (Lipinski definition) is 6. The number of carbonyl (C=O) groups is 1. The van der Waals surface area contributed by atoms with Crippen molar-refractivity contribution in [1.29, 1.82) is 0 Å². The molecule has 4 aromatic rings. The zero-order valence-electron chi connectivity index (χ0n) is 17.7. The molecule has 9 nitrogen and oxygen atoms in total. The number of ether oxygens (including phenoxy) is 3. The van der Waals surface area contributed by atoms with Gasteiger partial charge in [0, 0.05) is 42.5 Å². The lowest BCUT2D eigenvalue weighted by atomic mass is 10.2. The molecule has 1 aliphatic rings. The number of aromatic nitrogens is 4. The number of fused-ring (bicyclic) bond motifs is 2. The number of H-pyrrole nitrogens is 1. The second-order valence-electron chi connectivity index (χ2n) is 7.47. The van der Waals surface area contributed by atoms with Crippen molar-refractivity contribution in [3.8, 4) is 22.9 Å². The molecule has 5 heterocycles. The van der Waals surface area contributed by atoms with Gasteiger partial charge in [-0.2, -0.15) is 0 Å². The zero-order valence-corrected chi connectivity index (χ0v) is 18.5. The van der Waals surface area contributed by atoms with Gasteiger partial charge in [-0.3, -0.25) is 4.79 Å². The highest BCUT2D eigenvalue weighted by atomic mass is 35.5. The van der Waals surface area contributed by atoms with Crippen LogP contribution in [0.1, 0.15) is 0 Å². The van der Waals surface area contributed by atoms with Crippen molar-refractivity contribution in [2.45, 2.75) is 6.54 Å². The van der Waals surface area contributed by atoms with E-state index in [4.69, 9.17) is 25.8 Å². The molecule has 166 valence electrons. The summed E-state index contributed by atoms with van der Waals surface area (Å²) in [5.41, 5.74) is 3.73. The minimum atomic E-state index is 0.0212. The van der Waals surface area contributed by atoms with Crippen LogP contribution in [-0.4, -0.2) is 70.8 Å². The number of amides is 1. The Morgan fingerprint density at radius 3 is 2.78 bits per heavy atom. The first-order valence-corrected chi connectivity index (χ1v) is 10.6. The highest BCUT2D eigenvalue weighted by molar-refractivity contribution is 6.35. The molecule has 0 radical (unpaired) electrons. The van der Waals surface area contributed by atoms with Gasteiger partial charge >= 0.3 is 0 Å². The van der Waals surface area contributed by atoms with Crippen molar-refractivity contribution < 1.29 is 19.0 Å². The van der Waals surface area contributed by atoms with Crippen LogP contribution in [0.2, 0.25) is 5.02 Å². The molecule has 10 heteroatoms. The third-order valence-corrected chi connectivity index (χ3v) is 5.97. The van der Waals surface area contributed by atoms with Crippen LogP contribution in [0.25, 0.3) is 33.3 Å². The summed E-state index contributed by atoms with van der Waals surface area (Å²) < 4.78 is 18.1. The highest BCUT2D eigenvalue weighted by Crippen LogP contribution is 2.37. The molecule has 32 heavy (non-hydrogen) atoms. The van der Waals surface area contributed by atoms with Crippen molar-refractivity contribution in [3.63, 3.8) is 0 Å². The molecule has 1 saturated heterocycles. The predicted molar refractivity (Wildman–Crippen MR) is 120 cm³/mol. The van der Waals surface area contributed by atoms with Gasteiger partial charge in [-0.1, -0.05) is 11.6 Å². The average molecular weight is 456 g/mol. The van der Waals surface area contributed by atoms with E-state index in [1.807, 2.05) is 27.8 Å². The van der Waals surface area contributed by atoms with Gasteiger partial charge < -0.3 is 28.7 Å². The molecule has 0 saturated carbocycles. The number of aromatic amines is 1. The van der Waals surface area contributed by atoms with E-state index >= 15 is 0 Å². The number of nitrogens with zero attached hydrogens (tertiary/aromatic N) is 4. The van der Waals surface area contributed by atoms with E-state index in [0.717, 1.165) is 22.2 Å². The molecule has 1 N–H and O–H groups in total. The molecule has 5 rings (SSSR count). The van der Waals surface area contributed by atoms with Crippen LogP contribution < -0.4 is 9.47 Å². The van der Waals surface area contributed by atoms with Crippen LogP contribution >= 0.6 is 11.6 Å². The summed E-state index contributed by atoms with van der Waals surface area (Å²) in [7, 11) is 3.10. The van der Waals surface area contributed by atoms with Crippen molar-refractivity contribution in [2.75, 3.05) is 40.5 Å². The third-order valence-electron chi connectivity index (χ3n) is 5.64. The number of hydrogen-bond donors (Lipinski definition) is 1. The minimum Gasteiger partial charge on any atom is -0.491 e. The fraction of sp³-hybridized carbons (Fsp3) is 0.318. The van der Waals surface area contributed by atoms with Gasteiger partial charge in [0.2, 0.25) is 5.91 Å². The largest absolute Gasteiger partial charge is 0.491 e. The van der Waals surface area contributed by atoms with Crippen molar-refractivity contribution in [1.82, 2.24) is 24.4 Å². The van der Waals surface area contributed by atoms with E-state index in [2.05, 4.69) is 15.0 Å². The number of halogens is 1. The SMILES string of the molecule is COc1cc2c(nc1OC)c(-c1cc3c(Cl)ccnc3[nH]1)cn2CC(=O)N1CCOCC1. The second-order valence-corrected chi connectivity index (χ2v) is 7.88. The summed E-state index contributed by atoms with van der Waals surface area (Å²) >= 11 is 6.35. The molecule has 4 aromatic heterocycles. The van der Waals surface area contributed by atoms with Gasteiger partial charge in [0.25, 0.3) is 5.88 Å². The average Bonchev–Trinajstić information content (AvgIpc) is 3.41. The number of methoxy groups -OCH3 is 2. The van der Waals surface area contributed by atoms with Gasteiger partial charge in [0.15, 0.2) is 5.75 Å². The molecule has 0 spiro atoms. The molecule has 0 aromatic carbocycles. The molecular formula is C22H22ClN5O4. The lowest BCUT2D eigenvalue weighted by molar-refractivity contribution is -0.135. The maximum absolute atomic E-state index is 13.0. The van der Waals surface area contributed by atoms with Gasteiger partial charge in [0.05, 0.1) is 43.7 Å². The first kappa shape index (κ1) is 20.6. The summed E-state index contributed by atoms with van der Waals surface area (Å²) in [6.45, 7) is 2.46. The Hall–Kier alpha value is -3.30. The quantitative estimate of drug-likeness (QED) is 0.497. The van der Waals surface area contributed by atoms with Crippen molar-refractivity contribution in [2.24, 2.45) is 0 Å². The maximum atomic E-state index is 13.0. The van der Waals surface area contributed by atoms with E-state index < -0.39 is 0 Å².